The summed E-state index contributed by atoms with van der Waals surface area (Å²) < 4.78 is 10.6. The number of hydrogen-bond acceptors (Lipinski definition) is 3. The van der Waals surface area contributed by atoms with Gasteiger partial charge in [-0.15, -0.1) is 0 Å². The predicted octanol–water partition coefficient (Wildman–Crippen LogP) is 3.86. The van der Waals surface area contributed by atoms with Gasteiger partial charge in [0.25, 0.3) is 0 Å². The third-order valence-corrected chi connectivity index (χ3v) is 4.13. The number of hydrogen-bond donors (Lipinski definition) is 2. The number of anilines is 1. The van der Waals surface area contributed by atoms with E-state index in [2.05, 4.69) is 24.5 Å². The molecule has 0 bridgehead atoms. The fraction of sp³-hybridized carbons (Fsp3) is 0.316. The zero-order valence-corrected chi connectivity index (χ0v) is 14.0. The fourth-order valence-electron chi connectivity index (χ4n) is 2.79. The SMILES string of the molecule is CCc1cccc(CC)c1NC(=O)NCc1ccc2c(c1)OCO2. The van der Waals surface area contributed by atoms with Crippen LogP contribution in [0.1, 0.15) is 30.5 Å². The number of fused-ring (bicyclic) bond motifs is 1. The normalized spacial score (nSPS) is 12.1. The highest BCUT2D eigenvalue weighted by atomic mass is 16.7. The van der Waals surface area contributed by atoms with E-state index in [1.54, 1.807) is 0 Å². The van der Waals surface area contributed by atoms with Crippen molar-refractivity contribution in [2.75, 3.05) is 12.1 Å². The van der Waals surface area contributed by atoms with E-state index in [9.17, 15) is 4.79 Å². The molecule has 5 heteroatoms. The maximum absolute atomic E-state index is 12.3. The van der Waals surface area contributed by atoms with E-state index in [1.165, 1.54) is 0 Å². The Hall–Kier alpha value is -2.69. The number of amides is 2. The monoisotopic (exact) mass is 326 g/mol. The summed E-state index contributed by atoms with van der Waals surface area (Å²) in [6.45, 7) is 4.85. The maximum Gasteiger partial charge on any atom is 0.319 e. The molecule has 0 unspecified atom stereocenters. The van der Waals surface area contributed by atoms with Crippen molar-refractivity contribution in [2.45, 2.75) is 33.2 Å². The minimum absolute atomic E-state index is 0.205. The van der Waals surface area contributed by atoms with Crippen molar-refractivity contribution in [1.82, 2.24) is 5.32 Å². The van der Waals surface area contributed by atoms with Crippen LogP contribution < -0.4 is 20.1 Å². The first-order chi connectivity index (χ1) is 11.7. The van der Waals surface area contributed by atoms with Crippen molar-refractivity contribution >= 4 is 11.7 Å². The number of nitrogens with one attached hydrogen (secondary N) is 2. The first-order valence-corrected chi connectivity index (χ1v) is 8.25. The molecule has 0 aromatic heterocycles. The van der Waals surface area contributed by atoms with E-state index in [-0.39, 0.29) is 12.8 Å². The lowest BCUT2D eigenvalue weighted by Crippen LogP contribution is -2.29. The average Bonchev–Trinajstić information content (AvgIpc) is 3.07. The number of rotatable bonds is 5. The summed E-state index contributed by atoms with van der Waals surface area (Å²) in [5.74, 6) is 1.46. The highest BCUT2D eigenvalue weighted by Crippen LogP contribution is 2.32. The zero-order valence-electron chi connectivity index (χ0n) is 14.0. The first kappa shape index (κ1) is 16.2. The molecule has 2 amide bonds. The number of ether oxygens (including phenoxy) is 2. The van der Waals surface area contributed by atoms with Crippen LogP contribution in [0.5, 0.6) is 11.5 Å². The van der Waals surface area contributed by atoms with E-state index < -0.39 is 0 Å². The summed E-state index contributed by atoms with van der Waals surface area (Å²) in [6.07, 6.45) is 1.76. The summed E-state index contributed by atoms with van der Waals surface area (Å²) in [5, 5.41) is 5.89. The second-order valence-electron chi connectivity index (χ2n) is 5.65. The van der Waals surface area contributed by atoms with Crippen molar-refractivity contribution < 1.29 is 14.3 Å². The van der Waals surface area contributed by atoms with Gasteiger partial charge in [0.1, 0.15) is 0 Å². The molecular weight excluding hydrogens is 304 g/mol. The molecule has 0 atom stereocenters. The maximum atomic E-state index is 12.3. The van der Waals surface area contributed by atoms with Crippen LogP contribution in [0.4, 0.5) is 10.5 Å². The lowest BCUT2D eigenvalue weighted by molar-refractivity contribution is 0.174. The predicted molar refractivity (Wildman–Crippen MR) is 93.6 cm³/mol. The van der Waals surface area contributed by atoms with Crippen LogP contribution in [-0.4, -0.2) is 12.8 Å². The molecular formula is C19H22N2O3. The smallest absolute Gasteiger partial charge is 0.319 e. The molecule has 0 saturated heterocycles. The molecule has 5 nitrogen and oxygen atoms in total. The molecule has 0 saturated carbocycles. The van der Waals surface area contributed by atoms with Crippen molar-refractivity contribution in [3.8, 4) is 11.5 Å². The van der Waals surface area contributed by atoms with Gasteiger partial charge in [0.15, 0.2) is 11.5 Å². The van der Waals surface area contributed by atoms with Crippen LogP contribution in [0, 0.1) is 0 Å². The van der Waals surface area contributed by atoms with Crippen LogP contribution in [-0.2, 0) is 19.4 Å². The summed E-state index contributed by atoms with van der Waals surface area (Å²) in [5.41, 5.74) is 4.18. The highest BCUT2D eigenvalue weighted by molar-refractivity contribution is 5.91. The van der Waals surface area contributed by atoms with Gasteiger partial charge in [0.2, 0.25) is 6.79 Å². The minimum atomic E-state index is -0.205. The average molecular weight is 326 g/mol. The van der Waals surface area contributed by atoms with Crippen molar-refractivity contribution in [3.05, 3.63) is 53.1 Å². The number of benzene rings is 2. The van der Waals surface area contributed by atoms with Gasteiger partial charge in [0, 0.05) is 12.2 Å². The second kappa shape index (κ2) is 7.25. The van der Waals surface area contributed by atoms with Crippen molar-refractivity contribution in [1.29, 1.82) is 0 Å². The Morgan fingerprint density at radius 2 is 1.75 bits per heavy atom. The van der Waals surface area contributed by atoms with Gasteiger partial charge in [-0.1, -0.05) is 38.1 Å². The third kappa shape index (κ3) is 3.45. The lowest BCUT2D eigenvalue weighted by atomic mass is 10.0. The van der Waals surface area contributed by atoms with Crippen molar-refractivity contribution in [3.63, 3.8) is 0 Å². The number of carbonyl (C=O) groups is 1. The molecule has 2 aromatic carbocycles. The van der Waals surface area contributed by atoms with E-state index in [0.717, 1.165) is 46.7 Å². The van der Waals surface area contributed by atoms with Crippen LogP contribution in [0.3, 0.4) is 0 Å². The molecule has 1 heterocycles. The first-order valence-electron chi connectivity index (χ1n) is 8.25. The van der Waals surface area contributed by atoms with Gasteiger partial charge in [-0.3, -0.25) is 0 Å². The standard InChI is InChI=1S/C19H22N2O3/c1-3-14-6-5-7-15(4-2)18(14)21-19(22)20-11-13-8-9-16-17(10-13)24-12-23-16/h5-10H,3-4,11-12H2,1-2H3,(H2,20,21,22). The molecule has 0 spiro atoms. The van der Waals surface area contributed by atoms with Crippen LogP contribution in [0.2, 0.25) is 0 Å². The summed E-state index contributed by atoms with van der Waals surface area (Å²) in [4.78, 5) is 12.3. The second-order valence-corrected chi connectivity index (χ2v) is 5.65. The van der Waals surface area contributed by atoms with E-state index in [1.807, 2.05) is 36.4 Å². The molecule has 1 aliphatic heterocycles. The minimum Gasteiger partial charge on any atom is -0.454 e. The Morgan fingerprint density at radius 3 is 2.46 bits per heavy atom. The van der Waals surface area contributed by atoms with E-state index in [0.29, 0.717) is 6.54 Å². The van der Waals surface area contributed by atoms with Crippen molar-refractivity contribution in [2.24, 2.45) is 0 Å². The zero-order chi connectivity index (χ0) is 16.9. The number of aryl methyl sites for hydroxylation is 2. The molecule has 1 aliphatic rings. The van der Waals surface area contributed by atoms with Crippen LogP contribution in [0.25, 0.3) is 0 Å². The molecule has 0 radical (unpaired) electrons. The molecule has 0 fully saturated rings. The highest BCUT2D eigenvalue weighted by Gasteiger charge is 2.14. The summed E-state index contributed by atoms with van der Waals surface area (Å²) >= 11 is 0. The van der Waals surface area contributed by atoms with Gasteiger partial charge in [-0.25, -0.2) is 4.79 Å². The van der Waals surface area contributed by atoms with E-state index in [4.69, 9.17) is 9.47 Å². The Bertz CT molecular complexity index is 721. The fourth-order valence-corrected chi connectivity index (χ4v) is 2.79. The Labute approximate surface area is 142 Å². The van der Waals surface area contributed by atoms with Gasteiger partial charge in [0.05, 0.1) is 0 Å². The van der Waals surface area contributed by atoms with Crippen LogP contribution in [0.15, 0.2) is 36.4 Å². The topological polar surface area (TPSA) is 59.6 Å². The number of carbonyl (C=O) groups excluding carboxylic acids is 1. The van der Waals surface area contributed by atoms with Gasteiger partial charge >= 0.3 is 6.03 Å². The van der Waals surface area contributed by atoms with Crippen LogP contribution >= 0.6 is 0 Å². The lowest BCUT2D eigenvalue weighted by Gasteiger charge is -2.15. The molecule has 0 aliphatic carbocycles. The molecule has 2 N–H and O–H groups in total. The number of urea groups is 1. The Balaban J connectivity index is 1.64. The van der Waals surface area contributed by atoms with Gasteiger partial charge in [-0.05, 0) is 41.7 Å². The quantitative estimate of drug-likeness (QED) is 0.877. The molecule has 2 aromatic rings. The Morgan fingerprint density at radius 1 is 1.04 bits per heavy atom. The number of para-hydroxylation sites is 1. The molecule has 24 heavy (non-hydrogen) atoms. The van der Waals surface area contributed by atoms with E-state index >= 15 is 0 Å². The van der Waals surface area contributed by atoms with Gasteiger partial charge < -0.3 is 20.1 Å². The Kier molecular flexibility index (Phi) is 4.89. The summed E-state index contributed by atoms with van der Waals surface area (Å²) in [7, 11) is 0. The van der Waals surface area contributed by atoms with Gasteiger partial charge in [-0.2, -0.15) is 0 Å². The third-order valence-electron chi connectivity index (χ3n) is 4.13. The molecule has 126 valence electrons. The molecule has 3 rings (SSSR count). The summed E-state index contributed by atoms with van der Waals surface area (Å²) in [6, 6.07) is 11.6. The largest absolute Gasteiger partial charge is 0.454 e.